The van der Waals surface area contributed by atoms with E-state index >= 15 is 0 Å². The van der Waals surface area contributed by atoms with Crippen LogP contribution in [0.1, 0.15) is 13.3 Å². The quantitative estimate of drug-likeness (QED) is 0.346. The average molecular weight is 533 g/mol. The molecule has 196 valence electrons. The minimum atomic E-state index is -0.222. The van der Waals surface area contributed by atoms with Gasteiger partial charge in [-0.05, 0) is 48.9 Å². The number of halogens is 1. The molecule has 1 fully saturated rings. The third-order valence-electron chi connectivity index (χ3n) is 6.85. The van der Waals surface area contributed by atoms with Gasteiger partial charge in [0.1, 0.15) is 17.4 Å². The van der Waals surface area contributed by atoms with E-state index in [-0.39, 0.29) is 17.3 Å². The summed E-state index contributed by atoms with van der Waals surface area (Å²) >= 11 is 6.58. The summed E-state index contributed by atoms with van der Waals surface area (Å²) < 4.78 is 2.94. The van der Waals surface area contributed by atoms with Crippen LogP contribution < -0.4 is 21.2 Å². The van der Waals surface area contributed by atoms with Crippen molar-refractivity contribution < 1.29 is 9.90 Å². The Morgan fingerprint density at radius 2 is 1.87 bits per heavy atom. The molecule has 0 aliphatic carbocycles. The highest BCUT2D eigenvalue weighted by molar-refractivity contribution is 6.32. The number of amides is 1. The highest BCUT2D eigenvalue weighted by atomic mass is 35.5. The zero-order valence-corrected chi connectivity index (χ0v) is 22.2. The second-order valence-electron chi connectivity index (χ2n) is 9.43. The smallest absolute Gasteiger partial charge is 0.332 e. The van der Waals surface area contributed by atoms with Gasteiger partial charge < -0.3 is 25.2 Å². The normalized spacial score (nSPS) is 15.2. The number of likely N-dealkylation sites (N-methyl/N-ethyl adjacent to an activating group) is 1. The second-order valence-corrected chi connectivity index (χ2v) is 9.84. The molecule has 0 unspecified atom stereocenters. The number of anilines is 2. The molecule has 3 heterocycles. The van der Waals surface area contributed by atoms with Crippen molar-refractivity contribution in [3.63, 3.8) is 0 Å². The van der Waals surface area contributed by atoms with Gasteiger partial charge in [0.05, 0.1) is 10.7 Å². The van der Waals surface area contributed by atoms with Crippen LogP contribution in [0.5, 0.6) is 5.75 Å². The third kappa shape index (κ3) is 4.90. The number of imidazole rings is 1. The van der Waals surface area contributed by atoms with Gasteiger partial charge in [0.2, 0.25) is 5.91 Å². The van der Waals surface area contributed by atoms with Gasteiger partial charge in [-0.1, -0.05) is 35.9 Å². The Labute approximate surface area is 225 Å². The lowest BCUT2D eigenvalue weighted by atomic mass is 9.97. The van der Waals surface area contributed by atoms with Crippen LogP contribution in [0, 0.1) is 0 Å². The van der Waals surface area contributed by atoms with Gasteiger partial charge in [0.25, 0.3) is 0 Å². The molecule has 38 heavy (non-hydrogen) atoms. The Bertz CT molecular complexity index is 1580. The number of carbonyl (C=O) groups is 1. The van der Waals surface area contributed by atoms with Crippen molar-refractivity contribution in [3.8, 4) is 33.7 Å². The largest absolute Gasteiger partial charge is 0.507 e. The maximum atomic E-state index is 12.4. The molecule has 10 heteroatoms. The number of pyridine rings is 1. The molecule has 1 aliphatic heterocycles. The monoisotopic (exact) mass is 532 g/mol. The first-order valence-corrected chi connectivity index (χ1v) is 12.7. The molecule has 0 radical (unpaired) electrons. The van der Waals surface area contributed by atoms with E-state index in [0.29, 0.717) is 39.3 Å². The Hall–Kier alpha value is -4.08. The molecular formula is C28H29ClN6O3. The number of phenols is 1. The SMILES string of the molecule is CN[C@H]1CCN(c2cc(-c3cccc(-c4ccc(-n5ccn(C)c5=O)c(Cl)c4)c3O)cc(NC(C)=O)n2)C1. The van der Waals surface area contributed by atoms with Crippen LogP contribution in [-0.2, 0) is 11.8 Å². The van der Waals surface area contributed by atoms with Gasteiger partial charge >= 0.3 is 5.69 Å². The van der Waals surface area contributed by atoms with Gasteiger partial charge in [0, 0.05) is 56.6 Å². The molecule has 1 amide bonds. The fourth-order valence-corrected chi connectivity index (χ4v) is 5.08. The van der Waals surface area contributed by atoms with Crippen molar-refractivity contribution in [2.24, 2.45) is 7.05 Å². The van der Waals surface area contributed by atoms with Crippen molar-refractivity contribution in [1.29, 1.82) is 0 Å². The van der Waals surface area contributed by atoms with Crippen LogP contribution >= 0.6 is 11.6 Å². The molecule has 9 nitrogen and oxygen atoms in total. The molecule has 0 spiro atoms. The zero-order chi connectivity index (χ0) is 27.0. The van der Waals surface area contributed by atoms with Gasteiger partial charge in [0.15, 0.2) is 0 Å². The Kier molecular flexibility index (Phi) is 6.96. The fraction of sp³-hybridized carbons (Fsp3) is 0.250. The molecule has 1 aliphatic rings. The maximum Gasteiger partial charge on any atom is 0.332 e. The summed E-state index contributed by atoms with van der Waals surface area (Å²) in [6.07, 6.45) is 4.32. The molecule has 5 rings (SSSR count). The number of carbonyl (C=O) groups excluding carboxylic acids is 1. The lowest BCUT2D eigenvalue weighted by Gasteiger charge is -2.20. The van der Waals surface area contributed by atoms with Crippen LogP contribution in [0.25, 0.3) is 27.9 Å². The molecule has 2 aromatic carbocycles. The fourth-order valence-electron chi connectivity index (χ4n) is 4.81. The number of nitrogens with one attached hydrogen (secondary N) is 2. The topological polar surface area (TPSA) is 104 Å². The number of aromatic hydroxyl groups is 1. The first-order chi connectivity index (χ1) is 18.2. The third-order valence-corrected chi connectivity index (χ3v) is 7.15. The zero-order valence-electron chi connectivity index (χ0n) is 21.4. The van der Waals surface area contributed by atoms with Crippen molar-refractivity contribution >= 4 is 29.1 Å². The highest BCUT2D eigenvalue weighted by Gasteiger charge is 2.24. The Morgan fingerprint density at radius 3 is 2.50 bits per heavy atom. The molecular weight excluding hydrogens is 504 g/mol. The number of aromatic nitrogens is 3. The van der Waals surface area contributed by atoms with Crippen molar-refractivity contribution in [2.45, 2.75) is 19.4 Å². The molecule has 0 saturated carbocycles. The summed E-state index contributed by atoms with van der Waals surface area (Å²) in [6.45, 7) is 3.08. The molecule has 3 N–H and O–H groups in total. The first kappa shape index (κ1) is 25.6. The summed E-state index contributed by atoms with van der Waals surface area (Å²) in [7, 11) is 3.62. The number of rotatable bonds is 6. The summed E-state index contributed by atoms with van der Waals surface area (Å²) in [5, 5.41) is 17.9. The van der Waals surface area contributed by atoms with Crippen molar-refractivity contribution in [1.82, 2.24) is 19.4 Å². The van der Waals surface area contributed by atoms with Gasteiger partial charge in [-0.25, -0.2) is 9.78 Å². The van der Waals surface area contributed by atoms with E-state index in [4.69, 9.17) is 11.6 Å². The van der Waals surface area contributed by atoms with Crippen LogP contribution in [-0.4, -0.2) is 51.3 Å². The van der Waals surface area contributed by atoms with E-state index in [1.54, 1.807) is 37.6 Å². The van der Waals surface area contributed by atoms with E-state index in [0.717, 1.165) is 30.9 Å². The van der Waals surface area contributed by atoms with Crippen LogP contribution in [0.3, 0.4) is 0 Å². The van der Waals surface area contributed by atoms with E-state index in [2.05, 4.69) is 20.5 Å². The van der Waals surface area contributed by atoms with Gasteiger partial charge in [-0.3, -0.25) is 9.36 Å². The van der Waals surface area contributed by atoms with Gasteiger partial charge in [-0.2, -0.15) is 0 Å². The summed E-state index contributed by atoms with van der Waals surface area (Å²) in [5.74, 6) is 1.01. The number of benzene rings is 2. The van der Waals surface area contributed by atoms with E-state index in [9.17, 15) is 14.7 Å². The lowest BCUT2D eigenvalue weighted by molar-refractivity contribution is -0.114. The number of phenolic OH excluding ortho intramolecular Hbond substituents is 1. The predicted octanol–water partition coefficient (Wildman–Crippen LogP) is 4.02. The summed E-state index contributed by atoms with van der Waals surface area (Å²) in [5.41, 5.74) is 2.97. The number of aryl methyl sites for hydroxylation is 1. The number of nitrogens with zero attached hydrogens (tertiary/aromatic N) is 4. The average Bonchev–Trinajstić information content (AvgIpc) is 3.50. The van der Waals surface area contributed by atoms with E-state index in [1.165, 1.54) is 16.1 Å². The summed E-state index contributed by atoms with van der Waals surface area (Å²) in [6, 6.07) is 14.9. The van der Waals surface area contributed by atoms with Gasteiger partial charge in [-0.15, -0.1) is 0 Å². The number of para-hydroxylation sites is 1. The Morgan fingerprint density at radius 1 is 1.11 bits per heavy atom. The van der Waals surface area contributed by atoms with E-state index in [1.807, 2.05) is 37.4 Å². The Balaban J connectivity index is 1.55. The van der Waals surface area contributed by atoms with Crippen molar-refractivity contribution in [3.05, 3.63) is 76.4 Å². The van der Waals surface area contributed by atoms with Crippen LogP contribution in [0.4, 0.5) is 11.6 Å². The molecule has 2 aromatic heterocycles. The second kappa shape index (κ2) is 10.4. The minimum Gasteiger partial charge on any atom is -0.507 e. The molecule has 4 aromatic rings. The lowest BCUT2D eigenvalue weighted by Crippen LogP contribution is -2.30. The molecule has 1 saturated heterocycles. The molecule has 1 atom stereocenters. The summed E-state index contributed by atoms with van der Waals surface area (Å²) in [4.78, 5) is 31.0. The van der Waals surface area contributed by atoms with Crippen LogP contribution in [0.2, 0.25) is 5.02 Å². The number of hydrogen-bond donors (Lipinski definition) is 3. The predicted molar refractivity (Wildman–Crippen MR) is 150 cm³/mol. The van der Waals surface area contributed by atoms with Crippen molar-refractivity contribution in [2.75, 3.05) is 30.4 Å². The minimum absolute atomic E-state index is 0.0774. The van der Waals surface area contributed by atoms with Crippen LogP contribution in [0.15, 0.2) is 65.7 Å². The highest BCUT2D eigenvalue weighted by Crippen LogP contribution is 2.41. The van der Waals surface area contributed by atoms with E-state index < -0.39 is 0 Å². The number of hydrogen-bond acceptors (Lipinski definition) is 6. The maximum absolute atomic E-state index is 12.4. The standard InChI is InChI=1S/C28H29ClN6O3/c1-17(36)31-25-14-19(15-26(32-25)34-10-9-20(16-34)30-2)22-6-4-5-21(27(22)37)18-7-8-24(23(29)13-18)35-12-11-33(3)28(35)38/h4-8,11-15,20,30,37H,9-10,16H2,1-3H3,(H,31,32,36)/t20-/m0/s1. The first-order valence-electron chi connectivity index (χ1n) is 12.3. The molecule has 0 bridgehead atoms.